The van der Waals surface area contributed by atoms with Crippen LogP contribution in [0.2, 0.25) is 0 Å². The lowest BCUT2D eigenvalue weighted by molar-refractivity contribution is -0.0910. The van der Waals surface area contributed by atoms with Crippen LogP contribution in [0.1, 0.15) is 48.0 Å². The third kappa shape index (κ3) is 5.74. The van der Waals surface area contributed by atoms with Gasteiger partial charge in [0, 0.05) is 36.4 Å². The van der Waals surface area contributed by atoms with Crippen molar-refractivity contribution in [2.45, 2.75) is 51.8 Å². The van der Waals surface area contributed by atoms with Gasteiger partial charge in [0.2, 0.25) is 5.95 Å². The van der Waals surface area contributed by atoms with Gasteiger partial charge in [-0.1, -0.05) is 6.07 Å². The molecule has 0 fully saturated rings. The molecule has 36 heavy (non-hydrogen) atoms. The Labute approximate surface area is 207 Å². The van der Waals surface area contributed by atoms with E-state index in [2.05, 4.69) is 42.3 Å². The predicted octanol–water partition coefficient (Wildman–Crippen LogP) is 3.62. The van der Waals surface area contributed by atoms with Gasteiger partial charge in [0.05, 0.1) is 5.69 Å². The number of hydrogen-bond donors (Lipinski definition) is 5. The standard InChI is InChI=1S/C25H29F2N7O2/c1-14(2)31-22(35)19-13-30-24(33-17-5-4-15-6-8-28-12-16(15)10-17)34-21(19)32-18-7-9-29-20(11-18)25(3,36)23(26)27/h4-5,7,9-11,13-14,23,28,36H,6,8,12H2,1-3H3,(H,31,35)(H2,29,30,32,33,34). The van der Waals surface area contributed by atoms with Crippen LogP contribution >= 0.6 is 0 Å². The number of anilines is 4. The van der Waals surface area contributed by atoms with Gasteiger partial charge in [-0.25, -0.2) is 13.8 Å². The van der Waals surface area contributed by atoms with E-state index in [1.807, 2.05) is 26.0 Å². The molecule has 11 heteroatoms. The van der Waals surface area contributed by atoms with Crippen LogP contribution in [0.25, 0.3) is 0 Å². The largest absolute Gasteiger partial charge is 0.378 e. The summed E-state index contributed by atoms with van der Waals surface area (Å²) < 4.78 is 26.6. The molecule has 4 rings (SSSR count). The third-order valence-electron chi connectivity index (χ3n) is 5.77. The number of hydrogen-bond acceptors (Lipinski definition) is 8. The molecule has 1 atom stereocenters. The maximum Gasteiger partial charge on any atom is 0.272 e. The second-order valence-electron chi connectivity index (χ2n) is 9.12. The predicted molar refractivity (Wildman–Crippen MR) is 133 cm³/mol. The van der Waals surface area contributed by atoms with E-state index < -0.39 is 17.9 Å². The monoisotopic (exact) mass is 497 g/mol. The van der Waals surface area contributed by atoms with Crippen molar-refractivity contribution < 1.29 is 18.7 Å². The van der Waals surface area contributed by atoms with Crippen LogP contribution in [-0.4, -0.2) is 45.0 Å². The molecule has 1 aromatic carbocycles. The first-order valence-corrected chi connectivity index (χ1v) is 11.6. The Kier molecular flexibility index (Phi) is 7.41. The number of halogens is 2. The zero-order valence-electron chi connectivity index (χ0n) is 20.3. The van der Waals surface area contributed by atoms with Gasteiger partial charge in [0.1, 0.15) is 11.4 Å². The molecule has 0 saturated heterocycles. The lowest BCUT2D eigenvalue weighted by Gasteiger charge is -2.22. The van der Waals surface area contributed by atoms with E-state index in [-0.39, 0.29) is 29.1 Å². The lowest BCUT2D eigenvalue weighted by Crippen LogP contribution is -2.31. The number of fused-ring (bicyclic) bond motifs is 1. The van der Waals surface area contributed by atoms with Crippen molar-refractivity contribution in [3.63, 3.8) is 0 Å². The number of alkyl halides is 2. The van der Waals surface area contributed by atoms with Gasteiger partial charge in [0.15, 0.2) is 5.60 Å². The minimum absolute atomic E-state index is 0.124. The van der Waals surface area contributed by atoms with Crippen molar-refractivity contribution >= 4 is 29.0 Å². The molecule has 9 nitrogen and oxygen atoms in total. The van der Waals surface area contributed by atoms with Crippen LogP contribution in [0, 0.1) is 0 Å². The quantitative estimate of drug-likeness (QED) is 0.320. The number of nitrogens with zero attached hydrogens (tertiary/aromatic N) is 3. The number of pyridine rings is 1. The summed E-state index contributed by atoms with van der Waals surface area (Å²) >= 11 is 0. The number of carbonyl (C=O) groups is 1. The highest BCUT2D eigenvalue weighted by atomic mass is 19.3. The molecule has 1 aliphatic heterocycles. The van der Waals surface area contributed by atoms with Crippen LogP contribution < -0.4 is 21.3 Å². The minimum atomic E-state index is -3.03. The first-order valence-electron chi connectivity index (χ1n) is 11.6. The highest BCUT2D eigenvalue weighted by Gasteiger charge is 2.36. The average molecular weight is 498 g/mol. The molecular formula is C25H29F2N7O2. The molecule has 0 bridgehead atoms. The van der Waals surface area contributed by atoms with Gasteiger partial charge >= 0.3 is 0 Å². The van der Waals surface area contributed by atoms with Crippen LogP contribution in [0.5, 0.6) is 0 Å². The summed E-state index contributed by atoms with van der Waals surface area (Å²) in [6, 6.07) is 8.74. The van der Waals surface area contributed by atoms with E-state index in [9.17, 15) is 18.7 Å². The van der Waals surface area contributed by atoms with E-state index in [4.69, 9.17) is 0 Å². The van der Waals surface area contributed by atoms with Crippen LogP contribution in [0.3, 0.4) is 0 Å². The maximum absolute atomic E-state index is 13.3. The van der Waals surface area contributed by atoms with E-state index in [1.54, 1.807) is 0 Å². The second-order valence-corrected chi connectivity index (χ2v) is 9.12. The normalized spacial score (nSPS) is 14.8. The van der Waals surface area contributed by atoms with Crippen molar-refractivity contribution in [2.75, 3.05) is 17.2 Å². The Balaban J connectivity index is 1.65. The number of amides is 1. The summed E-state index contributed by atoms with van der Waals surface area (Å²) in [5.74, 6) is 0.0167. The highest BCUT2D eigenvalue weighted by Crippen LogP contribution is 2.29. The summed E-state index contributed by atoms with van der Waals surface area (Å²) in [6.45, 7) is 6.37. The molecule has 0 radical (unpaired) electrons. The average Bonchev–Trinajstić information content (AvgIpc) is 2.84. The Bertz CT molecular complexity index is 1250. The van der Waals surface area contributed by atoms with Crippen LogP contribution in [0.4, 0.5) is 31.9 Å². The number of rotatable bonds is 8. The Morgan fingerprint density at radius 3 is 2.64 bits per heavy atom. The molecular weight excluding hydrogens is 468 g/mol. The fourth-order valence-electron chi connectivity index (χ4n) is 3.76. The van der Waals surface area contributed by atoms with E-state index >= 15 is 0 Å². The Morgan fingerprint density at radius 1 is 1.11 bits per heavy atom. The van der Waals surface area contributed by atoms with Gasteiger partial charge < -0.3 is 26.4 Å². The van der Waals surface area contributed by atoms with E-state index in [0.717, 1.165) is 32.1 Å². The zero-order valence-corrected chi connectivity index (χ0v) is 20.3. The van der Waals surface area contributed by atoms with Gasteiger partial charge in [-0.3, -0.25) is 9.78 Å². The summed E-state index contributed by atoms with van der Waals surface area (Å²) in [4.78, 5) is 25.5. The van der Waals surface area contributed by atoms with Crippen molar-refractivity contribution in [1.82, 2.24) is 25.6 Å². The first-order chi connectivity index (χ1) is 17.1. The third-order valence-corrected chi connectivity index (χ3v) is 5.77. The van der Waals surface area contributed by atoms with Crippen molar-refractivity contribution in [2.24, 2.45) is 0 Å². The molecule has 0 aliphatic carbocycles. The summed E-state index contributed by atoms with van der Waals surface area (Å²) in [6.07, 6.45) is 0.623. The molecule has 3 aromatic rings. The zero-order chi connectivity index (χ0) is 25.9. The number of nitrogens with one attached hydrogen (secondary N) is 4. The van der Waals surface area contributed by atoms with Crippen LogP contribution in [-0.2, 0) is 18.6 Å². The number of benzene rings is 1. The highest BCUT2D eigenvalue weighted by molar-refractivity contribution is 5.99. The van der Waals surface area contributed by atoms with Crippen molar-refractivity contribution in [3.05, 3.63) is 65.1 Å². The first kappa shape index (κ1) is 25.4. The molecule has 1 amide bonds. The topological polar surface area (TPSA) is 124 Å². The summed E-state index contributed by atoms with van der Waals surface area (Å²) in [7, 11) is 0. The molecule has 2 aromatic heterocycles. The van der Waals surface area contributed by atoms with Crippen LogP contribution in [0.15, 0.2) is 42.7 Å². The lowest BCUT2D eigenvalue weighted by atomic mass is 10.0. The molecule has 190 valence electrons. The number of aromatic nitrogens is 3. The maximum atomic E-state index is 13.3. The van der Waals surface area contributed by atoms with Crippen molar-refractivity contribution in [1.29, 1.82) is 0 Å². The molecule has 3 heterocycles. The molecule has 0 saturated carbocycles. The second kappa shape index (κ2) is 10.5. The fourth-order valence-corrected chi connectivity index (χ4v) is 3.76. The fraction of sp³-hybridized carbons (Fsp3) is 0.360. The number of carbonyl (C=O) groups excluding carboxylic acids is 1. The minimum Gasteiger partial charge on any atom is -0.378 e. The molecule has 1 unspecified atom stereocenters. The molecule has 5 N–H and O–H groups in total. The number of aliphatic hydroxyl groups is 1. The van der Waals surface area contributed by atoms with Gasteiger partial charge in [0.25, 0.3) is 12.3 Å². The smallest absolute Gasteiger partial charge is 0.272 e. The molecule has 1 aliphatic rings. The Morgan fingerprint density at radius 2 is 1.89 bits per heavy atom. The van der Waals surface area contributed by atoms with E-state index in [0.29, 0.717) is 5.69 Å². The van der Waals surface area contributed by atoms with E-state index in [1.165, 1.54) is 35.7 Å². The van der Waals surface area contributed by atoms with Gasteiger partial charge in [-0.15, -0.1) is 0 Å². The summed E-state index contributed by atoms with van der Waals surface area (Å²) in [5, 5.41) is 22.4. The summed E-state index contributed by atoms with van der Waals surface area (Å²) in [5.41, 5.74) is 1.11. The van der Waals surface area contributed by atoms with Crippen molar-refractivity contribution in [3.8, 4) is 0 Å². The van der Waals surface area contributed by atoms with Gasteiger partial charge in [-0.2, -0.15) is 4.98 Å². The SMILES string of the molecule is CC(C)NC(=O)c1cnc(Nc2ccc3c(c2)CNCC3)nc1Nc1ccnc(C(C)(O)C(F)F)c1. The Hall–Kier alpha value is -3.70. The van der Waals surface area contributed by atoms with Gasteiger partial charge in [-0.05, 0) is 69.1 Å². The molecule has 0 spiro atoms.